The van der Waals surface area contributed by atoms with E-state index in [4.69, 9.17) is 25.8 Å². The largest absolute Gasteiger partial charge is 0.497 e. The van der Waals surface area contributed by atoms with Crippen LogP contribution in [0.4, 0.5) is 10.5 Å². The Morgan fingerprint density at radius 2 is 1.57 bits per heavy atom. The second-order valence-corrected chi connectivity index (χ2v) is 10.5. The number of nitrogens with one attached hydrogen (secondary N) is 1. The number of barbiturate groups is 1. The zero-order chi connectivity index (χ0) is 29.6. The number of methoxy groups -OCH3 is 1. The van der Waals surface area contributed by atoms with Gasteiger partial charge in [0.25, 0.3) is 11.8 Å². The van der Waals surface area contributed by atoms with Crippen LogP contribution in [0.2, 0.25) is 5.02 Å². The van der Waals surface area contributed by atoms with E-state index >= 15 is 0 Å². The molecule has 0 aliphatic carbocycles. The summed E-state index contributed by atoms with van der Waals surface area (Å²) < 4.78 is 18.1. The summed E-state index contributed by atoms with van der Waals surface area (Å²) in [6, 6.07) is 25.5. The van der Waals surface area contributed by atoms with Crippen molar-refractivity contribution in [2.75, 3.05) is 12.0 Å². The average Bonchev–Trinajstić information content (AvgIpc) is 2.99. The Hall–Kier alpha value is -4.60. The highest BCUT2D eigenvalue weighted by Crippen LogP contribution is 2.30. The summed E-state index contributed by atoms with van der Waals surface area (Å²) in [7, 11) is 1.53. The Morgan fingerprint density at radius 1 is 0.857 bits per heavy atom. The number of imide groups is 2. The van der Waals surface area contributed by atoms with E-state index in [9.17, 15) is 14.4 Å². The number of benzene rings is 4. The van der Waals surface area contributed by atoms with Crippen molar-refractivity contribution < 1.29 is 28.6 Å². The van der Waals surface area contributed by atoms with Gasteiger partial charge in [-0.15, -0.1) is 0 Å². The van der Waals surface area contributed by atoms with Gasteiger partial charge >= 0.3 is 6.03 Å². The van der Waals surface area contributed by atoms with E-state index in [1.807, 2.05) is 42.5 Å². The lowest BCUT2D eigenvalue weighted by atomic mass is 10.1. The Morgan fingerprint density at radius 3 is 2.29 bits per heavy atom. The first kappa shape index (κ1) is 28.9. The first-order chi connectivity index (χ1) is 20.3. The van der Waals surface area contributed by atoms with Crippen molar-refractivity contribution in [1.82, 2.24) is 5.32 Å². The fourth-order valence-electron chi connectivity index (χ4n) is 4.14. The highest BCUT2D eigenvalue weighted by Gasteiger charge is 2.37. The van der Waals surface area contributed by atoms with Crippen LogP contribution in [0.25, 0.3) is 6.08 Å². The highest BCUT2D eigenvalue weighted by atomic mass is 79.9. The van der Waals surface area contributed by atoms with Crippen molar-refractivity contribution in [3.05, 3.63) is 123 Å². The molecule has 0 spiro atoms. The topological polar surface area (TPSA) is 94.2 Å². The second kappa shape index (κ2) is 12.9. The number of hydrogen-bond donors (Lipinski definition) is 1. The van der Waals surface area contributed by atoms with Crippen LogP contribution < -0.4 is 24.4 Å². The molecule has 1 saturated heterocycles. The predicted molar refractivity (Wildman–Crippen MR) is 163 cm³/mol. The summed E-state index contributed by atoms with van der Waals surface area (Å²) >= 11 is 9.60. The third-order valence-corrected chi connectivity index (χ3v) is 7.27. The molecule has 42 heavy (non-hydrogen) atoms. The minimum absolute atomic E-state index is 0.229. The van der Waals surface area contributed by atoms with Crippen LogP contribution in [0.15, 0.2) is 101 Å². The Kier molecular flexibility index (Phi) is 8.90. The summed E-state index contributed by atoms with van der Waals surface area (Å²) in [4.78, 5) is 39.9. The van der Waals surface area contributed by atoms with E-state index in [1.54, 1.807) is 48.5 Å². The van der Waals surface area contributed by atoms with Crippen molar-refractivity contribution in [1.29, 1.82) is 0 Å². The number of halogens is 2. The number of nitrogens with zero attached hydrogens (tertiary/aromatic N) is 1. The molecule has 1 N–H and O–H groups in total. The normalized spacial score (nSPS) is 14.1. The molecule has 1 aliphatic heterocycles. The van der Waals surface area contributed by atoms with Gasteiger partial charge in [-0.2, -0.15) is 0 Å². The predicted octanol–water partition coefficient (Wildman–Crippen LogP) is 6.94. The molecule has 1 heterocycles. The molecule has 212 valence electrons. The molecule has 0 unspecified atom stereocenters. The lowest BCUT2D eigenvalue weighted by Gasteiger charge is -2.26. The zero-order valence-electron chi connectivity index (χ0n) is 22.3. The van der Waals surface area contributed by atoms with Crippen molar-refractivity contribution in [3.8, 4) is 17.2 Å². The Balaban J connectivity index is 1.37. The molecule has 4 aromatic rings. The van der Waals surface area contributed by atoms with Gasteiger partial charge in [-0.25, -0.2) is 9.69 Å². The van der Waals surface area contributed by atoms with E-state index in [2.05, 4.69) is 21.2 Å². The molecular formula is C32H24BrClN2O6. The van der Waals surface area contributed by atoms with Crippen LogP contribution in [0.1, 0.15) is 16.7 Å². The quantitative estimate of drug-likeness (QED) is 0.156. The molecule has 1 fully saturated rings. The Labute approximate surface area is 255 Å². The van der Waals surface area contributed by atoms with Gasteiger partial charge in [0.15, 0.2) is 0 Å². The minimum Gasteiger partial charge on any atom is -0.497 e. The van der Waals surface area contributed by atoms with E-state index in [-0.39, 0.29) is 24.5 Å². The fourth-order valence-corrected chi connectivity index (χ4v) is 4.60. The smallest absolute Gasteiger partial charge is 0.335 e. The molecule has 4 aromatic carbocycles. The molecule has 0 atom stereocenters. The average molecular weight is 648 g/mol. The van der Waals surface area contributed by atoms with Gasteiger partial charge in [-0.05, 0) is 66.2 Å². The van der Waals surface area contributed by atoms with Gasteiger partial charge in [0.05, 0.1) is 12.8 Å². The molecule has 1 aliphatic rings. The minimum atomic E-state index is -0.853. The summed E-state index contributed by atoms with van der Waals surface area (Å²) in [6.07, 6.45) is 1.40. The van der Waals surface area contributed by atoms with Crippen LogP contribution in [-0.4, -0.2) is 25.0 Å². The standard InChI is InChI=1S/C32H24BrClN2O6/c1-40-26-13-8-21(29(17-26)42-18-20-6-9-23(33)10-7-20)16-27-30(37)35-32(39)36(31(27)38)24-11-14-25(15-12-24)41-19-22-4-2-3-5-28(22)34/h2-17H,18-19H2,1H3,(H,35,37,39)/b27-16+. The fraction of sp³-hybridized carbons (Fsp3) is 0.0938. The molecule has 10 heteroatoms. The van der Waals surface area contributed by atoms with Gasteiger partial charge in [0, 0.05) is 26.7 Å². The third-order valence-electron chi connectivity index (χ3n) is 6.38. The third kappa shape index (κ3) is 6.64. The molecule has 4 amide bonds. The number of carbonyl (C=O) groups is 3. The summed E-state index contributed by atoms with van der Waals surface area (Å²) in [5.41, 5.74) is 2.24. The molecular weight excluding hydrogens is 624 g/mol. The molecule has 5 rings (SSSR count). The number of ether oxygens (including phenoxy) is 3. The first-order valence-corrected chi connectivity index (χ1v) is 13.9. The number of hydrogen-bond acceptors (Lipinski definition) is 6. The number of rotatable bonds is 9. The van der Waals surface area contributed by atoms with Gasteiger partial charge in [-0.3, -0.25) is 14.9 Å². The number of amides is 4. The van der Waals surface area contributed by atoms with Gasteiger partial charge in [-0.1, -0.05) is 57.9 Å². The van der Waals surface area contributed by atoms with Crippen LogP contribution in [0.5, 0.6) is 17.2 Å². The lowest BCUT2D eigenvalue weighted by Crippen LogP contribution is -2.54. The summed E-state index contributed by atoms with van der Waals surface area (Å²) in [5.74, 6) is -0.134. The monoisotopic (exact) mass is 646 g/mol. The summed E-state index contributed by atoms with van der Waals surface area (Å²) in [6.45, 7) is 0.490. The second-order valence-electron chi connectivity index (χ2n) is 9.15. The first-order valence-electron chi connectivity index (χ1n) is 12.8. The van der Waals surface area contributed by atoms with E-state index < -0.39 is 17.8 Å². The van der Waals surface area contributed by atoms with Gasteiger partial charge < -0.3 is 14.2 Å². The van der Waals surface area contributed by atoms with Crippen LogP contribution in [-0.2, 0) is 22.8 Å². The lowest BCUT2D eigenvalue weighted by molar-refractivity contribution is -0.122. The van der Waals surface area contributed by atoms with Crippen molar-refractivity contribution in [3.63, 3.8) is 0 Å². The molecule has 8 nitrogen and oxygen atoms in total. The SMILES string of the molecule is COc1ccc(/C=C2\C(=O)NC(=O)N(c3ccc(OCc4ccccc4Cl)cc3)C2=O)c(OCc2ccc(Br)cc2)c1. The molecule has 0 bridgehead atoms. The van der Waals surface area contributed by atoms with Gasteiger partial charge in [0.1, 0.15) is 36.0 Å². The number of carbonyl (C=O) groups excluding carboxylic acids is 3. The molecule has 0 radical (unpaired) electrons. The zero-order valence-corrected chi connectivity index (χ0v) is 24.6. The van der Waals surface area contributed by atoms with Crippen LogP contribution in [0, 0.1) is 0 Å². The van der Waals surface area contributed by atoms with Crippen molar-refractivity contribution >= 4 is 57.1 Å². The maximum atomic E-state index is 13.5. The molecule has 0 saturated carbocycles. The number of anilines is 1. The van der Waals surface area contributed by atoms with E-state index in [1.165, 1.54) is 13.2 Å². The number of urea groups is 1. The van der Waals surface area contributed by atoms with Gasteiger partial charge in [0.2, 0.25) is 0 Å². The molecule has 0 aromatic heterocycles. The highest BCUT2D eigenvalue weighted by molar-refractivity contribution is 9.10. The van der Waals surface area contributed by atoms with Crippen LogP contribution in [0.3, 0.4) is 0 Å². The van der Waals surface area contributed by atoms with Crippen LogP contribution >= 0.6 is 27.5 Å². The van der Waals surface area contributed by atoms with E-state index in [0.717, 1.165) is 20.5 Å². The maximum absolute atomic E-state index is 13.5. The van der Waals surface area contributed by atoms with E-state index in [0.29, 0.717) is 27.8 Å². The Bertz CT molecular complexity index is 1670. The maximum Gasteiger partial charge on any atom is 0.335 e. The van der Waals surface area contributed by atoms with Crippen molar-refractivity contribution in [2.24, 2.45) is 0 Å². The summed E-state index contributed by atoms with van der Waals surface area (Å²) in [5, 5.41) is 2.83. The van der Waals surface area contributed by atoms with Crippen molar-refractivity contribution in [2.45, 2.75) is 13.2 Å².